The average molecular weight is 325 g/mol. The van der Waals surface area contributed by atoms with E-state index in [1.54, 1.807) is 0 Å². The quantitative estimate of drug-likeness (QED) is 0.833. The molecule has 5 nitrogen and oxygen atoms in total. The third-order valence-corrected chi connectivity index (χ3v) is 5.27. The van der Waals surface area contributed by atoms with Crippen molar-refractivity contribution in [2.45, 2.75) is 42.7 Å². The van der Waals surface area contributed by atoms with Crippen molar-refractivity contribution in [2.75, 3.05) is 0 Å². The number of nitrogens with zero attached hydrogens (tertiary/aromatic N) is 1. The van der Waals surface area contributed by atoms with Crippen LogP contribution in [0, 0.1) is 0 Å². The molecule has 19 heavy (non-hydrogen) atoms. The molecule has 1 heterocycles. The first-order valence-electron chi connectivity index (χ1n) is 5.90. The maximum atomic E-state index is 12.1. The Bertz CT molecular complexity index is 557. The highest BCUT2D eigenvalue weighted by Crippen LogP contribution is 2.24. The minimum absolute atomic E-state index is 0.00646. The molecule has 8 heteroatoms. The van der Waals surface area contributed by atoms with E-state index in [0.717, 1.165) is 0 Å². The molecule has 0 spiro atoms. The monoisotopic (exact) mass is 324 g/mol. The highest BCUT2D eigenvalue weighted by atomic mass is 35.5. The fraction of sp³-hybridized carbons (Fsp3) is 0.545. The van der Waals surface area contributed by atoms with E-state index in [0.29, 0.717) is 25.7 Å². The maximum absolute atomic E-state index is 12.1. The van der Waals surface area contributed by atoms with Crippen LogP contribution in [0.5, 0.6) is 0 Å². The Hall–Kier alpha value is -0.400. The molecule has 0 aliphatic heterocycles. The molecule has 1 aromatic rings. The van der Waals surface area contributed by atoms with Gasteiger partial charge >= 0.3 is 0 Å². The molecule has 1 fully saturated rings. The molecule has 1 aliphatic carbocycles. The van der Waals surface area contributed by atoms with Crippen molar-refractivity contribution in [1.82, 2.24) is 9.71 Å². The summed E-state index contributed by atoms with van der Waals surface area (Å²) >= 11 is 11.4. The number of aliphatic hydroxyl groups excluding tert-OH is 1. The van der Waals surface area contributed by atoms with Crippen molar-refractivity contribution in [2.24, 2.45) is 0 Å². The number of pyridine rings is 1. The zero-order valence-corrected chi connectivity index (χ0v) is 12.3. The van der Waals surface area contributed by atoms with Crippen LogP contribution in [-0.4, -0.2) is 30.7 Å². The fourth-order valence-corrected chi connectivity index (χ4v) is 3.64. The molecule has 0 radical (unpaired) electrons. The van der Waals surface area contributed by atoms with Crippen LogP contribution in [0.4, 0.5) is 0 Å². The molecular weight excluding hydrogens is 311 g/mol. The third-order valence-electron chi connectivity index (χ3n) is 3.10. The molecular formula is C11H14Cl2N2O3S. The van der Waals surface area contributed by atoms with Gasteiger partial charge in [0.2, 0.25) is 10.0 Å². The lowest BCUT2D eigenvalue weighted by Crippen LogP contribution is -2.38. The zero-order valence-electron chi connectivity index (χ0n) is 10.0. The summed E-state index contributed by atoms with van der Waals surface area (Å²) in [4.78, 5) is 3.72. The summed E-state index contributed by atoms with van der Waals surface area (Å²) in [6.45, 7) is 0. The summed E-state index contributed by atoms with van der Waals surface area (Å²) in [5.74, 6) is 0. The molecule has 0 amide bonds. The average Bonchev–Trinajstić information content (AvgIpc) is 2.35. The van der Waals surface area contributed by atoms with Gasteiger partial charge in [-0.25, -0.2) is 18.1 Å². The Balaban J connectivity index is 2.11. The standard InChI is InChI=1S/C11H14Cl2N2O3S/c12-10-5-9(6-14-11(10)13)19(17,18)15-7-1-3-8(16)4-2-7/h5-8,15-16H,1-4H2. The second-order valence-electron chi connectivity index (χ2n) is 4.57. The van der Waals surface area contributed by atoms with Gasteiger partial charge in [-0.3, -0.25) is 0 Å². The second-order valence-corrected chi connectivity index (χ2v) is 7.05. The fourth-order valence-electron chi connectivity index (χ4n) is 2.03. The SMILES string of the molecule is O=S(=O)(NC1CCC(O)CC1)c1cnc(Cl)c(Cl)c1. The summed E-state index contributed by atoms with van der Waals surface area (Å²) in [6, 6.07) is 1.11. The number of aliphatic hydroxyl groups is 1. The predicted molar refractivity (Wildman–Crippen MR) is 72.8 cm³/mol. The summed E-state index contributed by atoms with van der Waals surface area (Å²) in [7, 11) is -3.65. The van der Waals surface area contributed by atoms with Gasteiger partial charge in [0, 0.05) is 12.2 Å². The largest absolute Gasteiger partial charge is 0.393 e. The molecule has 0 atom stereocenters. The van der Waals surface area contributed by atoms with E-state index in [2.05, 4.69) is 9.71 Å². The van der Waals surface area contributed by atoms with Gasteiger partial charge in [0.25, 0.3) is 0 Å². The third kappa shape index (κ3) is 3.79. The number of hydrogen-bond acceptors (Lipinski definition) is 4. The van der Waals surface area contributed by atoms with Crippen molar-refractivity contribution in [3.05, 3.63) is 22.4 Å². The topological polar surface area (TPSA) is 79.3 Å². The molecule has 106 valence electrons. The van der Waals surface area contributed by atoms with Crippen LogP contribution in [0.15, 0.2) is 17.2 Å². The van der Waals surface area contributed by atoms with E-state index in [-0.39, 0.29) is 27.2 Å². The zero-order chi connectivity index (χ0) is 14.0. The first-order valence-corrected chi connectivity index (χ1v) is 8.14. The smallest absolute Gasteiger partial charge is 0.242 e. The van der Waals surface area contributed by atoms with Gasteiger partial charge < -0.3 is 5.11 Å². The highest BCUT2D eigenvalue weighted by molar-refractivity contribution is 7.89. The van der Waals surface area contributed by atoms with Crippen molar-refractivity contribution < 1.29 is 13.5 Å². The lowest BCUT2D eigenvalue weighted by molar-refractivity contribution is 0.120. The lowest BCUT2D eigenvalue weighted by atomic mass is 9.94. The van der Waals surface area contributed by atoms with E-state index in [4.69, 9.17) is 23.2 Å². The number of sulfonamides is 1. The highest BCUT2D eigenvalue weighted by Gasteiger charge is 2.25. The first-order chi connectivity index (χ1) is 8.88. The van der Waals surface area contributed by atoms with Gasteiger partial charge in [-0.05, 0) is 31.7 Å². The summed E-state index contributed by atoms with van der Waals surface area (Å²) in [5.41, 5.74) is 0. The van der Waals surface area contributed by atoms with Crippen LogP contribution in [-0.2, 0) is 10.0 Å². The number of hydrogen-bond donors (Lipinski definition) is 2. The van der Waals surface area contributed by atoms with Crippen molar-refractivity contribution >= 4 is 33.2 Å². The van der Waals surface area contributed by atoms with Crippen molar-refractivity contribution in [3.8, 4) is 0 Å². The molecule has 1 aromatic heterocycles. The molecule has 0 bridgehead atoms. The number of aromatic nitrogens is 1. The van der Waals surface area contributed by atoms with Crippen LogP contribution < -0.4 is 4.72 Å². The molecule has 0 saturated heterocycles. The van der Waals surface area contributed by atoms with E-state index in [1.165, 1.54) is 12.3 Å². The van der Waals surface area contributed by atoms with E-state index >= 15 is 0 Å². The van der Waals surface area contributed by atoms with Crippen LogP contribution in [0.1, 0.15) is 25.7 Å². The Morgan fingerprint density at radius 1 is 1.26 bits per heavy atom. The second kappa shape index (κ2) is 5.93. The van der Waals surface area contributed by atoms with Gasteiger partial charge in [-0.2, -0.15) is 0 Å². The van der Waals surface area contributed by atoms with Gasteiger partial charge in [0.05, 0.1) is 11.1 Å². The maximum Gasteiger partial charge on any atom is 0.242 e. The summed E-state index contributed by atoms with van der Waals surface area (Å²) in [5, 5.41) is 9.56. The predicted octanol–water partition coefficient (Wildman–Crippen LogP) is 1.97. The molecule has 2 rings (SSSR count). The minimum atomic E-state index is -3.65. The molecule has 0 aromatic carbocycles. The van der Waals surface area contributed by atoms with Crippen LogP contribution in [0.25, 0.3) is 0 Å². The Morgan fingerprint density at radius 3 is 2.47 bits per heavy atom. The van der Waals surface area contributed by atoms with Crippen LogP contribution >= 0.6 is 23.2 Å². The Labute approximate surface area is 122 Å². The van der Waals surface area contributed by atoms with E-state index in [9.17, 15) is 13.5 Å². The lowest BCUT2D eigenvalue weighted by Gasteiger charge is -2.25. The summed E-state index contributed by atoms with van der Waals surface area (Å²) < 4.78 is 26.9. The van der Waals surface area contributed by atoms with Gasteiger partial charge in [0.1, 0.15) is 10.0 Å². The van der Waals surface area contributed by atoms with Crippen LogP contribution in [0.2, 0.25) is 10.2 Å². The van der Waals surface area contributed by atoms with Gasteiger partial charge in [-0.1, -0.05) is 23.2 Å². The van der Waals surface area contributed by atoms with E-state index < -0.39 is 10.0 Å². The van der Waals surface area contributed by atoms with Crippen molar-refractivity contribution in [1.29, 1.82) is 0 Å². The number of rotatable bonds is 3. The normalized spacial score (nSPS) is 24.4. The molecule has 1 aliphatic rings. The van der Waals surface area contributed by atoms with Gasteiger partial charge in [0.15, 0.2) is 0 Å². The van der Waals surface area contributed by atoms with Crippen LogP contribution in [0.3, 0.4) is 0 Å². The first kappa shape index (κ1) is 15.0. The minimum Gasteiger partial charge on any atom is -0.393 e. The Morgan fingerprint density at radius 2 is 1.89 bits per heavy atom. The molecule has 2 N–H and O–H groups in total. The van der Waals surface area contributed by atoms with Crippen molar-refractivity contribution in [3.63, 3.8) is 0 Å². The van der Waals surface area contributed by atoms with E-state index in [1.807, 2.05) is 0 Å². The van der Waals surface area contributed by atoms with Gasteiger partial charge in [-0.15, -0.1) is 0 Å². The number of halogens is 2. The summed E-state index contributed by atoms with van der Waals surface area (Å²) in [6.07, 6.45) is 3.30. The Kier molecular flexibility index (Phi) is 4.68. The molecule has 0 unspecified atom stereocenters. The number of nitrogens with one attached hydrogen (secondary N) is 1. The molecule has 1 saturated carbocycles.